The Bertz CT molecular complexity index is 912. The van der Waals surface area contributed by atoms with Crippen LogP contribution in [0.25, 0.3) is 22.4 Å². The molecule has 0 N–H and O–H groups in total. The summed E-state index contributed by atoms with van der Waals surface area (Å²) in [5.41, 5.74) is 0. The van der Waals surface area contributed by atoms with E-state index >= 15 is 0 Å². The van der Waals surface area contributed by atoms with Crippen molar-refractivity contribution in [2.24, 2.45) is 0 Å². The van der Waals surface area contributed by atoms with Gasteiger partial charge in [-0.25, -0.2) is 0 Å². The minimum atomic E-state index is 0.536. The fourth-order valence-corrected chi connectivity index (χ4v) is 3.69. The van der Waals surface area contributed by atoms with Crippen LogP contribution in [-0.4, -0.2) is 25.0 Å². The maximum atomic E-state index is 5.69. The Kier molecular flexibility index (Phi) is 4.18. The van der Waals surface area contributed by atoms with E-state index in [1.165, 1.54) is 11.8 Å². The van der Waals surface area contributed by atoms with Crippen molar-refractivity contribution in [3.63, 3.8) is 0 Å². The topological polar surface area (TPSA) is 82.8 Å². The lowest BCUT2D eigenvalue weighted by Gasteiger charge is -2.04. The second kappa shape index (κ2) is 6.62. The summed E-state index contributed by atoms with van der Waals surface area (Å²) in [6.45, 7) is 2.79. The van der Waals surface area contributed by atoms with Gasteiger partial charge in [-0.3, -0.25) is 4.57 Å². The molecule has 7 nitrogen and oxygen atoms in total. The van der Waals surface area contributed by atoms with E-state index < -0.39 is 0 Å². The van der Waals surface area contributed by atoms with Gasteiger partial charge in [0.25, 0.3) is 5.89 Å². The lowest BCUT2D eigenvalue weighted by molar-refractivity contribution is 0.529. The van der Waals surface area contributed by atoms with Gasteiger partial charge in [0.2, 0.25) is 5.89 Å². The third kappa shape index (κ3) is 2.87. The van der Waals surface area contributed by atoms with Crippen LogP contribution < -0.4 is 0 Å². The van der Waals surface area contributed by atoms with E-state index in [1.54, 1.807) is 17.6 Å². The maximum Gasteiger partial charge on any atom is 0.257 e. The highest BCUT2D eigenvalue weighted by molar-refractivity contribution is 7.98. The molecule has 0 aliphatic rings. The van der Waals surface area contributed by atoms with Gasteiger partial charge in [0, 0.05) is 6.54 Å². The van der Waals surface area contributed by atoms with Crippen molar-refractivity contribution in [2.75, 3.05) is 0 Å². The van der Waals surface area contributed by atoms with Gasteiger partial charge in [0.15, 0.2) is 16.7 Å². The molecule has 4 aromatic heterocycles. The molecule has 0 fully saturated rings. The number of thiophene rings is 1. The molecule has 122 valence electrons. The standard InChI is InChI=1S/C15H13N5O2S2/c1-2-20-13(10-5-3-7-21-10)17-19-15(20)24-9-12-16-18-14(22-12)11-6-4-8-23-11/h3-8H,2,9H2,1H3. The minimum absolute atomic E-state index is 0.536. The number of hydrogen-bond acceptors (Lipinski definition) is 8. The van der Waals surface area contributed by atoms with Gasteiger partial charge in [-0.1, -0.05) is 17.8 Å². The zero-order chi connectivity index (χ0) is 16.4. The van der Waals surface area contributed by atoms with Gasteiger partial charge in [-0.05, 0) is 30.5 Å². The molecule has 0 saturated heterocycles. The number of hydrogen-bond donors (Lipinski definition) is 0. The van der Waals surface area contributed by atoms with Gasteiger partial charge in [0.05, 0.1) is 16.9 Å². The second-order valence-electron chi connectivity index (χ2n) is 4.79. The van der Waals surface area contributed by atoms with E-state index in [0.717, 1.165) is 22.4 Å². The van der Waals surface area contributed by atoms with E-state index in [0.29, 0.717) is 23.3 Å². The molecule has 4 aromatic rings. The van der Waals surface area contributed by atoms with E-state index in [-0.39, 0.29) is 0 Å². The van der Waals surface area contributed by atoms with Gasteiger partial charge >= 0.3 is 0 Å². The van der Waals surface area contributed by atoms with Crippen molar-refractivity contribution < 1.29 is 8.83 Å². The molecular formula is C15H13N5O2S2. The van der Waals surface area contributed by atoms with Crippen LogP contribution >= 0.6 is 23.1 Å². The average molecular weight is 359 g/mol. The summed E-state index contributed by atoms with van der Waals surface area (Å²) in [7, 11) is 0. The van der Waals surface area contributed by atoms with Gasteiger partial charge < -0.3 is 8.83 Å². The van der Waals surface area contributed by atoms with Crippen LogP contribution in [0, 0.1) is 0 Å². The molecular weight excluding hydrogens is 346 g/mol. The summed E-state index contributed by atoms with van der Waals surface area (Å²) < 4.78 is 13.1. The van der Waals surface area contributed by atoms with Gasteiger partial charge in [0.1, 0.15) is 0 Å². The van der Waals surface area contributed by atoms with Crippen molar-refractivity contribution in [1.82, 2.24) is 25.0 Å². The van der Waals surface area contributed by atoms with Crippen molar-refractivity contribution in [3.05, 3.63) is 41.8 Å². The van der Waals surface area contributed by atoms with Gasteiger partial charge in [-0.2, -0.15) is 0 Å². The summed E-state index contributed by atoms with van der Waals surface area (Å²) in [6, 6.07) is 7.62. The number of furan rings is 1. The molecule has 0 unspecified atom stereocenters. The second-order valence-corrected chi connectivity index (χ2v) is 6.68. The van der Waals surface area contributed by atoms with Crippen LogP contribution in [0.5, 0.6) is 0 Å². The molecule has 9 heteroatoms. The Morgan fingerprint density at radius 3 is 2.88 bits per heavy atom. The van der Waals surface area contributed by atoms with E-state index in [1.807, 2.05) is 41.1 Å². The summed E-state index contributed by atoms with van der Waals surface area (Å²) in [6.07, 6.45) is 1.63. The molecule has 0 aliphatic heterocycles. The predicted octanol–water partition coefficient (Wildman–Crippen LogP) is 3.96. The van der Waals surface area contributed by atoms with Crippen LogP contribution in [-0.2, 0) is 12.3 Å². The molecule has 0 aromatic carbocycles. The highest BCUT2D eigenvalue weighted by Gasteiger charge is 2.16. The third-order valence-corrected chi connectivity index (χ3v) is 5.11. The third-order valence-electron chi connectivity index (χ3n) is 3.30. The summed E-state index contributed by atoms with van der Waals surface area (Å²) in [5, 5.41) is 19.4. The lowest BCUT2D eigenvalue weighted by atomic mass is 10.4. The van der Waals surface area contributed by atoms with Crippen LogP contribution in [0.2, 0.25) is 0 Å². The summed E-state index contributed by atoms with van der Waals surface area (Å²) in [5.74, 6) is 3.07. The lowest BCUT2D eigenvalue weighted by Crippen LogP contribution is -1.99. The predicted molar refractivity (Wildman–Crippen MR) is 90.6 cm³/mol. The molecule has 0 atom stereocenters. The van der Waals surface area contributed by atoms with Crippen LogP contribution in [0.15, 0.2) is 49.9 Å². The van der Waals surface area contributed by atoms with Crippen molar-refractivity contribution in [2.45, 2.75) is 24.4 Å². The van der Waals surface area contributed by atoms with E-state index in [4.69, 9.17) is 8.83 Å². The summed E-state index contributed by atoms with van der Waals surface area (Å²) in [4.78, 5) is 0.968. The Labute approximate surface area is 145 Å². The Morgan fingerprint density at radius 1 is 1.17 bits per heavy atom. The smallest absolute Gasteiger partial charge is 0.257 e. The Morgan fingerprint density at radius 2 is 2.12 bits per heavy atom. The Hall–Kier alpha value is -2.39. The molecule has 0 saturated carbocycles. The molecule has 4 rings (SSSR count). The molecule has 0 aliphatic carbocycles. The fourth-order valence-electron chi connectivity index (χ4n) is 2.21. The fraction of sp³-hybridized carbons (Fsp3) is 0.200. The average Bonchev–Trinajstić information content (AvgIpc) is 3.40. The van der Waals surface area contributed by atoms with Crippen LogP contribution in [0.4, 0.5) is 0 Å². The van der Waals surface area contributed by atoms with Crippen molar-refractivity contribution in [1.29, 1.82) is 0 Å². The summed E-state index contributed by atoms with van der Waals surface area (Å²) >= 11 is 3.08. The SMILES string of the molecule is CCn1c(SCc2nnc(-c3cccs3)o2)nnc1-c1ccco1. The van der Waals surface area contributed by atoms with Crippen LogP contribution in [0.1, 0.15) is 12.8 Å². The Balaban J connectivity index is 1.50. The molecule has 0 spiro atoms. The van der Waals surface area contributed by atoms with E-state index in [2.05, 4.69) is 20.4 Å². The zero-order valence-corrected chi connectivity index (χ0v) is 14.4. The van der Waals surface area contributed by atoms with Crippen LogP contribution in [0.3, 0.4) is 0 Å². The first kappa shape index (κ1) is 15.2. The molecule has 0 amide bonds. The normalized spacial score (nSPS) is 11.2. The molecule has 4 heterocycles. The largest absolute Gasteiger partial charge is 0.461 e. The number of aromatic nitrogens is 5. The molecule has 0 radical (unpaired) electrons. The van der Waals surface area contributed by atoms with Crippen molar-refractivity contribution >= 4 is 23.1 Å². The zero-order valence-electron chi connectivity index (χ0n) is 12.7. The van der Waals surface area contributed by atoms with Gasteiger partial charge in [-0.15, -0.1) is 31.7 Å². The first-order chi connectivity index (χ1) is 11.8. The quantitative estimate of drug-likeness (QED) is 0.482. The highest BCUT2D eigenvalue weighted by Crippen LogP contribution is 2.28. The molecule has 0 bridgehead atoms. The number of rotatable bonds is 6. The first-order valence-electron chi connectivity index (χ1n) is 7.31. The maximum absolute atomic E-state index is 5.69. The highest BCUT2D eigenvalue weighted by atomic mass is 32.2. The first-order valence-corrected chi connectivity index (χ1v) is 9.18. The number of thioether (sulfide) groups is 1. The monoisotopic (exact) mass is 359 g/mol. The minimum Gasteiger partial charge on any atom is -0.461 e. The van der Waals surface area contributed by atoms with Crippen molar-refractivity contribution in [3.8, 4) is 22.4 Å². The molecule has 24 heavy (non-hydrogen) atoms. The number of nitrogens with zero attached hydrogens (tertiary/aromatic N) is 5. The van der Waals surface area contributed by atoms with E-state index in [9.17, 15) is 0 Å².